The molecule has 2 atom stereocenters. The van der Waals surface area contributed by atoms with Crippen LogP contribution in [0.4, 0.5) is 0 Å². The van der Waals surface area contributed by atoms with Gasteiger partial charge in [0.1, 0.15) is 0 Å². The number of nitrogens with one attached hydrogen (secondary N) is 1. The van der Waals surface area contributed by atoms with Crippen molar-refractivity contribution < 1.29 is 4.79 Å². The van der Waals surface area contributed by atoms with Gasteiger partial charge in [-0.2, -0.15) is 0 Å². The van der Waals surface area contributed by atoms with E-state index in [9.17, 15) is 4.79 Å². The first kappa shape index (κ1) is 12.5. The quantitative estimate of drug-likeness (QED) is 0.802. The third-order valence-electron chi connectivity index (χ3n) is 5.93. The number of rotatable bonds is 4. The van der Waals surface area contributed by atoms with Crippen molar-refractivity contribution in [1.29, 1.82) is 0 Å². The highest BCUT2D eigenvalue weighted by Crippen LogP contribution is 2.61. The molecule has 4 aliphatic carbocycles. The zero-order valence-electron chi connectivity index (χ0n) is 11.6. The summed E-state index contributed by atoms with van der Waals surface area (Å²) in [6.07, 6.45) is 8.53. The fraction of sp³-hybridized carbons (Fsp3) is 0.933. The molecule has 3 N–H and O–H groups in total. The molecule has 4 saturated carbocycles. The Morgan fingerprint density at radius 1 is 1.11 bits per heavy atom. The molecule has 0 aromatic carbocycles. The number of hydrogen-bond donors (Lipinski definition) is 2. The fourth-order valence-corrected chi connectivity index (χ4v) is 5.34. The first-order chi connectivity index (χ1) is 8.48. The normalized spacial score (nSPS) is 44.9. The smallest absolute Gasteiger partial charge is 0.234 e. The summed E-state index contributed by atoms with van der Waals surface area (Å²) in [6.45, 7) is 4.16. The van der Waals surface area contributed by atoms with Crippen molar-refractivity contribution in [3.05, 3.63) is 0 Å². The van der Waals surface area contributed by atoms with Crippen molar-refractivity contribution in [3.63, 3.8) is 0 Å². The van der Waals surface area contributed by atoms with Crippen molar-refractivity contribution in [2.24, 2.45) is 28.9 Å². The lowest BCUT2D eigenvalue weighted by molar-refractivity contribution is -0.120. The minimum Gasteiger partial charge on any atom is -0.368 e. The van der Waals surface area contributed by atoms with E-state index in [1.807, 2.05) is 6.92 Å². The van der Waals surface area contributed by atoms with Crippen molar-refractivity contribution in [1.82, 2.24) is 5.32 Å². The zero-order chi connectivity index (χ0) is 12.9. The molecule has 0 spiro atoms. The van der Waals surface area contributed by atoms with Gasteiger partial charge in [0.05, 0.1) is 6.04 Å². The highest BCUT2D eigenvalue weighted by molar-refractivity contribution is 5.79. The summed E-state index contributed by atoms with van der Waals surface area (Å²) in [5, 5.41) is 3.46. The number of carbonyl (C=O) groups excluding carboxylic acids is 1. The van der Waals surface area contributed by atoms with Crippen LogP contribution in [0.25, 0.3) is 0 Å². The fourth-order valence-electron chi connectivity index (χ4n) is 5.34. The molecule has 4 rings (SSSR count). The van der Waals surface area contributed by atoms with Crippen LogP contribution in [-0.2, 0) is 4.79 Å². The van der Waals surface area contributed by atoms with Crippen LogP contribution in [0.2, 0.25) is 0 Å². The number of nitrogens with two attached hydrogens (primary N) is 1. The number of hydrogen-bond acceptors (Lipinski definition) is 2. The van der Waals surface area contributed by atoms with Crippen LogP contribution in [0.5, 0.6) is 0 Å². The molecule has 0 aromatic heterocycles. The van der Waals surface area contributed by atoms with Gasteiger partial charge in [0.2, 0.25) is 5.91 Å². The molecular weight excluding hydrogens is 224 g/mol. The summed E-state index contributed by atoms with van der Waals surface area (Å²) in [5.41, 5.74) is 5.83. The van der Waals surface area contributed by atoms with Gasteiger partial charge in [-0.05, 0) is 75.5 Å². The lowest BCUT2D eigenvalue weighted by Crippen LogP contribution is -2.57. The molecule has 0 heterocycles. The molecule has 0 radical (unpaired) electrons. The van der Waals surface area contributed by atoms with Crippen molar-refractivity contribution in [2.75, 3.05) is 0 Å². The summed E-state index contributed by atoms with van der Waals surface area (Å²) in [6, 6.07) is 0.224. The molecule has 0 saturated heterocycles. The zero-order valence-corrected chi connectivity index (χ0v) is 11.6. The van der Waals surface area contributed by atoms with Gasteiger partial charge in [-0.1, -0.05) is 0 Å². The minimum atomic E-state index is -0.230. The number of carbonyl (C=O) groups is 1. The minimum absolute atomic E-state index is 0.201. The van der Waals surface area contributed by atoms with E-state index >= 15 is 0 Å². The van der Waals surface area contributed by atoms with Crippen LogP contribution in [-0.4, -0.2) is 18.0 Å². The average molecular weight is 250 g/mol. The third-order valence-corrected chi connectivity index (χ3v) is 5.93. The molecule has 1 amide bonds. The van der Waals surface area contributed by atoms with Crippen LogP contribution >= 0.6 is 0 Å². The Morgan fingerprint density at radius 2 is 1.56 bits per heavy atom. The van der Waals surface area contributed by atoms with Crippen LogP contribution in [0.1, 0.15) is 52.4 Å². The van der Waals surface area contributed by atoms with E-state index in [4.69, 9.17) is 5.73 Å². The maximum Gasteiger partial charge on any atom is 0.234 e. The maximum atomic E-state index is 11.2. The molecule has 4 fully saturated rings. The Bertz CT molecular complexity index is 317. The van der Waals surface area contributed by atoms with Gasteiger partial charge in [0, 0.05) is 6.04 Å². The van der Waals surface area contributed by atoms with Crippen LogP contribution in [0.3, 0.4) is 0 Å². The van der Waals surface area contributed by atoms with Gasteiger partial charge < -0.3 is 11.1 Å². The van der Waals surface area contributed by atoms with E-state index in [-0.39, 0.29) is 11.9 Å². The van der Waals surface area contributed by atoms with Gasteiger partial charge in [-0.3, -0.25) is 4.79 Å². The summed E-state index contributed by atoms with van der Waals surface area (Å²) in [7, 11) is 0. The maximum absolute atomic E-state index is 11.2. The number of amides is 1. The molecule has 3 nitrogen and oxygen atoms in total. The summed E-state index contributed by atoms with van der Waals surface area (Å²) >= 11 is 0. The number of primary amides is 1. The second kappa shape index (κ2) is 4.22. The molecule has 0 unspecified atom stereocenters. The molecular formula is C15H26N2O. The second-order valence-corrected chi connectivity index (χ2v) is 7.29. The average Bonchev–Trinajstić information content (AvgIpc) is 2.26. The summed E-state index contributed by atoms with van der Waals surface area (Å²) in [5.74, 6) is 2.66. The van der Waals surface area contributed by atoms with E-state index in [2.05, 4.69) is 12.2 Å². The predicted octanol–water partition coefficient (Wildman–Crippen LogP) is 2.05. The Labute approximate surface area is 110 Å². The molecule has 4 bridgehead atoms. The highest BCUT2D eigenvalue weighted by Gasteiger charge is 2.53. The molecule has 4 aliphatic rings. The third kappa shape index (κ3) is 1.97. The van der Waals surface area contributed by atoms with Gasteiger partial charge in [0.25, 0.3) is 0 Å². The predicted molar refractivity (Wildman–Crippen MR) is 71.9 cm³/mol. The van der Waals surface area contributed by atoms with Crippen LogP contribution < -0.4 is 11.1 Å². The Morgan fingerprint density at radius 3 is 1.94 bits per heavy atom. The highest BCUT2D eigenvalue weighted by atomic mass is 16.1. The van der Waals surface area contributed by atoms with Gasteiger partial charge >= 0.3 is 0 Å². The van der Waals surface area contributed by atoms with E-state index < -0.39 is 0 Å². The van der Waals surface area contributed by atoms with E-state index in [0.717, 1.165) is 17.8 Å². The second-order valence-electron chi connectivity index (χ2n) is 7.29. The molecule has 102 valence electrons. The monoisotopic (exact) mass is 250 g/mol. The molecule has 3 heteroatoms. The Balaban J connectivity index is 1.72. The topological polar surface area (TPSA) is 55.1 Å². The van der Waals surface area contributed by atoms with Crippen LogP contribution in [0.15, 0.2) is 0 Å². The van der Waals surface area contributed by atoms with Gasteiger partial charge in [-0.15, -0.1) is 0 Å². The summed E-state index contributed by atoms with van der Waals surface area (Å²) in [4.78, 5) is 11.2. The molecule has 0 aliphatic heterocycles. The first-order valence-electron chi connectivity index (χ1n) is 7.54. The SMILES string of the molecule is C[C@H](N[C@H](C)C12CC3CC(CC(C3)C1)C2)C(N)=O. The van der Waals surface area contributed by atoms with Gasteiger partial charge in [0.15, 0.2) is 0 Å². The van der Waals surface area contributed by atoms with E-state index in [1.165, 1.54) is 38.5 Å². The molecule has 0 aromatic rings. The standard InChI is InChI=1S/C15H26N2O/c1-9(14(16)18)17-10(2)15-6-11-3-12(7-15)5-13(4-11)8-15/h9-13,17H,3-8H2,1-2H3,(H2,16,18)/t9-,10+,11?,12?,13?,15?/m0/s1. The van der Waals surface area contributed by atoms with Crippen LogP contribution in [0, 0.1) is 23.2 Å². The lowest BCUT2D eigenvalue weighted by atomic mass is 9.48. The van der Waals surface area contributed by atoms with E-state index in [1.54, 1.807) is 0 Å². The van der Waals surface area contributed by atoms with Crippen molar-refractivity contribution >= 4 is 5.91 Å². The Hall–Kier alpha value is -0.570. The molecule has 18 heavy (non-hydrogen) atoms. The summed E-state index contributed by atoms with van der Waals surface area (Å²) < 4.78 is 0. The first-order valence-corrected chi connectivity index (χ1v) is 7.54. The Kier molecular flexibility index (Phi) is 2.92. The lowest BCUT2D eigenvalue weighted by Gasteiger charge is -2.59. The largest absolute Gasteiger partial charge is 0.368 e. The van der Waals surface area contributed by atoms with Gasteiger partial charge in [-0.25, -0.2) is 0 Å². The van der Waals surface area contributed by atoms with Crippen molar-refractivity contribution in [3.8, 4) is 0 Å². The van der Waals surface area contributed by atoms with Crippen molar-refractivity contribution in [2.45, 2.75) is 64.5 Å². The van der Waals surface area contributed by atoms with E-state index in [0.29, 0.717) is 11.5 Å².